The van der Waals surface area contributed by atoms with Crippen LogP contribution in [0.5, 0.6) is 0 Å². The van der Waals surface area contributed by atoms with E-state index in [1.165, 1.54) is 19.1 Å². The largest absolute Gasteiger partial charge is 0.516 e. The minimum Gasteiger partial charge on any atom is -0.516 e. The summed E-state index contributed by atoms with van der Waals surface area (Å²) in [6.07, 6.45) is 6.69. The molecule has 1 atom stereocenters. The second-order valence-electron chi connectivity index (χ2n) is 9.98. The van der Waals surface area contributed by atoms with Crippen LogP contribution in [0.15, 0.2) is 59.3 Å². The highest BCUT2D eigenvalue weighted by atomic mass is 19.1. The third kappa shape index (κ3) is 7.38. The van der Waals surface area contributed by atoms with Crippen LogP contribution >= 0.6 is 0 Å². The zero-order chi connectivity index (χ0) is 26.2. The number of carbonyl (C=O) groups is 1. The van der Waals surface area contributed by atoms with Gasteiger partial charge in [0.05, 0.1) is 55.0 Å². The molecule has 0 aliphatic carbocycles. The molecule has 0 aromatic rings. The Bertz CT molecular complexity index is 946. The Morgan fingerprint density at radius 2 is 2.00 bits per heavy atom. The molecule has 35 heavy (non-hydrogen) atoms. The monoisotopic (exact) mass is 486 g/mol. The van der Waals surface area contributed by atoms with E-state index in [2.05, 4.69) is 17.5 Å². The van der Waals surface area contributed by atoms with Gasteiger partial charge in [-0.15, -0.1) is 0 Å². The maximum Gasteiger partial charge on any atom is 0.162 e. The van der Waals surface area contributed by atoms with Gasteiger partial charge in [-0.1, -0.05) is 33.4 Å². The molecule has 0 aromatic heterocycles. The summed E-state index contributed by atoms with van der Waals surface area (Å²) in [5, 5.41) is 22.7. The van der Waals surface area contributed by atoms with Crippen LogP contribution in [0.3, 0.4) is 0 Å². The van der Waals surface area contributed by atoms with Gasteiger partial charge in [-0.05, 0) is 43.9 Å². The Morgan fingerprint density at radius 3 is 2.54 bits per heavy atom. The van der Waals surface area contributed by atoms with Gasteiger partial charge in [0.2, 0.25) is 0 Å². The van der Waals surface area contributed by atoms with Crippen LogP contribution in [0, 0.1) is 16.7 Å². The van der Waals surface area contributed by atoms with Gasteiger partial charge in [0.25, 0.3) is 0 Å². The van der Waals surface area contributed by atoms with E-state index in [0.29, 0.717) is 23.3 Å². The van der Waals surface area contributed by atoms with Crippen molar-refractivity contribution in [3.8, 4) is 6.07 Å². The minimum atomic E-state index is -0.396. The summed E-state index contributed by atoms with van der Waals surface area (Å²) in [5.41, 5.74) is 0.968. The molecule has 2 heterocycles. The van der Waals surface area contributed by atoms with E-state index in [1.807, 2.05) is 32.8 Å². The average molecular weight is 487 g/mol. The van der Waals surface area contributed by atoms with Crippen molar-refractivity contribution in [2.45, 2.75) is 46.6 Å². The number of ketones is 1. The summed E-state index contributed by atoms with van der Waals surface area (Å²) in [5.74, 6) is -0.642. The summed E-state index contributed by atoms with van der Waals surface area (Å²) >= 11 is 0. The number of aliphatic hydroxyl groups excluding tert-OH is 1. The standard InChI is InChI=1S/C27H39FN4O3/c1-20-25(21(2)34)23(18-29)26(27(3,4)5)30(6)32(20)19-22(10-9-15-33)24(28)11-7-8-12-31-13-16-35-17-14-31/h9-11,15,26,33H,1,7-8,12-14,16-17,19H2,2-6H3/b15-9+,22-10-,24-11+. The number of Topliss-reactive ketones (excluding diaryl/α,β-unsaturated/α-hetero) is 1. The molecule has 1 saturated heterocycles. The maximum atomic E-state index is 15.3. The van der Waals surface area contributed by atoms with Crippen LogP contribution < -0.4 is 0 Å². The number of halogens is 1. The van der Waals surface area contributed by atoms with Crippen LogP contribution in [0.2, 0.25) is 0 Å². The fourth-order valence-corrected chi connectivity index (χ4v) is 4.68. The minimum absolute atomic E-state index is 0.0908. The molecule has 0 amide bonds. The van der Waals surface area contributed by atoms with Crippen molar-refractivity contribution in [3.05, 3.63) is 59.3 Å². The van der Waals surface area contributed by atoms with Gasteiger partial charge in [-0.3, -0.25) is 9.69 Å². The first kappa shape index (κ1) is 28.5. The molecule has 1 fully saturated rings. The van der Waals surface area contributed by atoms with Crippen molar-refractivity contribution in [3.63, 3.8) is 0 Å². The second-order valence-corrected chi connectivity index (χ2v) is 9.98. The normalized spacial score (nSPS) is 21.7. The van der Waals surface area contributed by atoms with E-state index in [4.69, 9.17) is 4.74 Å². The lowest BCUT2D eigenvalue weighted by Gasteiger charge is -2.49. The predicted molar refractivity (Wildman–Crippen MR) is 136 cm³/mol. The Labute approximate surface area is 209 Å². The zero-order valence-corrected chi connectivity index (χ0v) is 21.7. The summed E-state index contributed by atoms with van der Waals surface area (Å²) in [6, 6.07) is 1.82. The molecule has 0 bridgehead atoms. The number of nitriles is 1. The molecular formula is C27H39FN4O3. The lowest BCUT2D eigenvalue weighted by atomic mass is 9.78. The molecule has 0 saturated carbocycles. The molecule has 2 aliphatic rings. The van der Waals surface area contributed by atoms with Gasteiger partial charge in [-0.25, -0.2) is 9.40 Å². The van der Waals surface area contributed by atoms with E-state index < -0.39 is 11.9 Å². The first-order chi connectivity index (χ1) is 16.5. The number of ether oxygens (including phenoxy) is 1. The average Bonchev–Trinajstić information content (AvgIpc) is 2.80. The molecule has 8 heteroatoms. The summed E-state index contributed by atoms with van der Waals surface area (Å²) in [4.78, 5) is 14.8. The first-order valence-electron chi connectivity index (χ1n) is 12.0. The van der Waals surface area contributed by atoms with Crippen molar-refractivity contribution < 1.29 is 19.0 Å². The van der Waals surface area contributed by atoms with Crippen molar-refractivity contribution in [1.29, 1.82) is 5.26 Å². The van der Waals surface area contributed by atoms with Crippen molar-refractivity contribution in [2.24, 2.45) is 5.41 Å². The first-order valence-corrected chi connectivity index (χ1v) is 12.0. The Balaban J connectivity index is 2.28. The molecule has 0 spiro atoms. The van der Waals surface area contributed by atoms with E-state index in [-0.39, 0.29) is 23.3 Å². The van der Waals surface area contributed by atoms with Gasteiger partial charge >= 0.3 is 0 Å². The van der Waals surface area contributed by atoms with Crippen LogP contribution in [0.1, 0.15) is 40.5 Å². The van der Waals surface area contributed by atoms with E-state index in [1.54, 1.807) is 11.1 Å². The Kier molecular flexibility index (Phi) is 10.4. The number of likely N-dealkylation sites (N-methyl/N-ethyl adjacent to an activating group) is 1. The highest BCUT2D eigenvalue weighted by molar-refractivity contribution is 5.99. The molecule has 192 valence electrons. The number of allylic oxidation sites excluding steroid dienone is 4. The molecule has 0 radical (unpaired) electrons. The Hall–Kier alpha value is -2.73. The van der Waals surface area contributed by atoms with Crippen LogP contribution in [-0.2, 0) is 9.53 Å². The third-order valence-electron chi connectivity index (χ3n) is 6.31. The zero-order valence-electron chi connectivity index (χ0n) is 21.7. The van der Waals surface area contributed by atoms with Gasteiger partial charge in [-0.2, -0.15) is 5.26 Å². The highest BCUT2D eigenvalue weighted by Gasteiger charge is 2.42. The van der Waals surface area contributed by atoms with Gasteiger partial charge in [0, 0.05) is 25.7 Å². The molecule has 2 aliphatic heterocycles. The SMILES string of the molecule is C=C1C(C(C)=O)=C(C#N)C(C(C)(C)C)N(C)N1CC(=C/C=C/O)/C(F)=C\CCCN1CCOCC1. The lowest BCUT2D eigenvalue weighted by Crippen LogP contribution is -2.56. The van der Waals surface area contributed by atoms with Gasteiger partial charge in [0.1, 0.15) is 5.83 Å². The number of morpholine rings is 1. The number of unbranched alkanes of at least 4 members (excludes halogenated alkanes) is 1. The number of carbonyl (C=O) groups excluding carboxylic acids is 1. The van der Waals surface area contributed by atoms with E-state index >= 15 is 4.39 Å². The number of hydrogen-bond acceptors (Lipinski definition) is 7. The third-order valence-corrected chi connectivity index (χ3v) is 6.31. The summed E-state index contributed by atoms with van der Waals surface area (Å²) < 4.78 is 20.7. The topological polar surface area (TPSA) is 80.0 Å². The van der Waals surface area contributed by atoms with Crippen molar-refractivity contribution in [2.75, 3.05) is 46.4 Å². The van der Waals surface area contributed by atoms with Crippen LogP contribution in [-0.4, -0.2) is 78.3 Å². The van der Waals surface area contributed by atoms with E-state index in [0.717, 1.165) is 45.5 Å². The maximum absolute atomic E-state index is 15.3. The van der Waals surface area contributed by atoms with Crippen LogP contribution in [0.25, 0.3) is 0 Å². The lowest BCUT2D eigenvalue weighted by molar-refractivity contribution is -0.114. The second kappa shape index (κ2) is 12.8. The number of rotatable bonds is 9. The van der Waals surface area contributed by atoms with E-state index in [9.17, 15) is 15.2 Å². The quantitative estimate of drug-likeness (QED) is 0.293. The molecule has 7 nitrogen and oxygen atoms in total. The fourth-order valence-electron chi connectivity index (χ4n) is 4.68. The number of aliphatic hydroxyl groups is 1. The smallest absolute Gasteiger partial charge is 0.162 e. The fraction of sp³-hybridized carbons (Fsp3) is 0.556. The van der Waals surface area contributed by atoms with Gasteiger partial charge in [0.15, 0.2) is 5.78 Å². The summed E-state index contributed by atoms with van der Waals surface area (Å²) in [6.45, 7) is 15.7. The molecule has 0 aromatic carbocycles. The molecule has 2 rings (SSSR count). The predicted octanol–water partition coefficient (Wildman–Crippen LogP) is 4.45. The van der Waals surface area contributed by atoms with Gasteiger partial charge < -0.3 is 14.9 Å². The van der Waals surface area contributed by atoms with Crippen molar-refractivity contribution >= 4 is 5.78 Å². The highest BCUT2D eigenvalue weighted by Crippen LogP contribution is 2.39. The molecular weight excluding hydrogens is 447 g/mol. The number of hydrazine groups is 1. The number of nitrogens with zero attached hydrogens (tertiary/aromatic N) is 4. The molecule has 1 unspecified atom stereocenters. The Morgan fingerprint density at radius 1 is 1.34 bits per heavy atom. The van der Waals surface area contributed by atoms with Crippen LogP contribution in [0.4, 0.5) is 4.39 Å². The molecule has 1 N–H and O–H groups in total. The van der Waals surface area contributed by atoms with Crippen molar-refractivity contribution in [1.82, 2.24) is 14.9 Å². The summed E-state index contributed by atoms with van der Waals surface area (Å²) in [7, 11) is 1.82. The number of hydrogen-bond donors (Lipinski definition) is 1.